The Hall–Kier alpha value is -3.50. The maximum atomic E-state index is 13.7. The van der Waals surface area contributed by atoms with Crippen molar-refractivity contribution in [2.24, 2.45) is 5.73 Å². The molecule has 0 saturated carbocycles. The lowest BCUT2D eigenvalue weighted by molar-refractivity contribution is -0.142. The molecule has 192 valence electrons. The van der Waals surface area contributed by atoms with Crippen LogP contribution in [0.2, 0.25) is 0 Å². The van der Waals surface area contributed by atoms with Crippen LogP contribution < -0.4 is 16.4 Å². The normalized spacial score (nSPS) is 22.2. The Labute approximate surface area is 210 Å². The number of amides is 3. The fourth-order valence-corrected chi connectivity index (χ4v) is 4.56. The number of carbonyl (C=O) groups is 3. The van der Waals surface area contributed by atoms with Crippen LogP contribution in [0.3, 0.4) is 0 Å². The summed E-state index contributed by atoms with van der Waals surface area (Å²) in [7, 11) is 0. The molecule has 2 aliphatic heterocycles. The molecule has 2 fully saturated rings. The molecule has 1 aromatic heterocycles. The number of hydrogen-bond acceptors (Lipinski definition) is 7. The van der Waals surface area contributed by atoms with E-state index in [1.54, 1.807) is 24.9 Å². The minimum Gasteiger partial charge on any atom is -0.444 e. The number of likely N-dealkylation sites (tertiary alicyclic amines) is 1. The highest BCUT2D eigenvalue weighted by atomic mass is 16.6. The second kappa shape index (κ2) is 10.6. The number of carbonyl (C=O) groups excluding carboxylic acids is 3. The zero-order chi connectivity index (χ0) is 25.8. The highest BCUT2D eigenvalue weighted by molar-refractivity contribution is 5.91. The van der Waals surface area contributed by atoms with Crippen LogP contribution in [-0.2, 0) is 32.1 Å². The molecule has 2 saturated heterocycles. The number of benzene rings is 1. The fourth-order valence-electron chi connectivity index (χ4n) is 4.56. The van der Waals surface area contributed by atoms with Crippen molar-refractivity contribution in [1.29, 1.82) is 0 Å². The van der Waals surface area contributed by atoms with Gasteiger partial charge < -0.3 is 30.7 Å². The highest BCUT2D eigenvalue weighted by Crippen LogP contribution is 2.32. The van der Waals surface area contributed by atoms with Crippen molar-refractivity contribution in [3.8, 4) is 0 Å². The first-order valence-corrected chi connectivity index (χ1v) is 12.1. The summed E-state index contributed by atoms with van der Waals surface area (Å²) in [5.74, 6) is -0.764. The predicted octanol–water partition coefficient (Wildman–Crippen LogP) is 1.14. The smallest absolute Gasteiger partial charge is 0.408 e. The molecule has 3 atom stereocenters. The topological polar surface area (TPSA) is 136 Å². The van der Waals surface area contributed by atoms with Gasteiger partial charge in [-0.3, -0.25) is 14.6 Å². The number of piperidine rings is 1. The van der Waals surface area contributed by atoms with Gasteiger partial charge in [0.25, 0.3) is 0 Å². The van der Waals surface area contributed by atoms with Gasteiger partial charge in [0.05, 0.1) is 18.8 Å². The molecule has 36 heavy (non-hydrogen) atoms. The SMILES string of the molecule is CC(C)(N)C(=O)N[C@H](COCc1ccccc1)C(=O)N1CCC2OC(=O)NC2(Cc2ccccn2)C1. The highest BCUT2D eigenvalue weighted by Gasteiger charge is 2.53. The lowest BCUT2D eigenvalue weighted by Gasteiger charge is -2.43. The van der Waals surface area contributed by atoms with Crippen molar-refractivity contribution in [1.82, 2.24) is 20.5 Å². The number of nitrogens with one attached hydrogen (secondary N) is 2. The predicted molar refractivity (Wildman–Crippen MR) is 132 cm³/mol. The van der Waals surface area contributed by atoms with Gasteiger partial charge in [-0.25, -0.2) is 4.79 Å². The first-order chi connectivity index (χ1) is 17.2. The number of fused-ring (bicyclic) bond motifs is 1. The molecule has 0 aliphatic carbocycles. The van der Waals surface area contributed by atoms with Gasteiger partial charge in [0.2, 0.25) is 11.8 Å². The van der Waals surface area contributed by atoms with E-state index in [4.69, 9.17) is 15.2 Å². The van der Waals surface area contributed by atoms with Crippen LogP contribution in [0.15, 0.2) is 54.7 Å². The molecule has 4 rings (SSSR count). The third-order valence-electron chi connectivity index (χ3n) is 6.47. The van der Waals surface area contributed by atoms with Crippen LogP contribution in [0.4, 0.5) is 4.79 Å². The van der Waals surface area contributed by atoms with Gasteiger partial charge >= 0.3 is 6.09 Å². The van der Waals surface area contributed by atoms with Gasteiger partial charge in [0, 0.05) is 37.8 Å². The maximum Gasteiger partial charge on any atom is 0.408 e. The lowest BCUT2D eigenvalue weighted by Crippen LogP contribution is -2.65. The molecule has 3 heterocycles. The van der Waals surface area contributed by atoms with E-state index >= 15 is 0 Å². The summed E-state index contributed by atoms with van der Waals surface area (Å²) in [4.78, 5) is 44.6. The van der Waals surface area contributed by atoms with Crippen molar-refractivity contribution in [3.05, 3.63) is 66.0 Å². The number of aromatic nitrogens is 1. The summed E-state index contributed by atoms with van der Waals surface area (Å²) in [6.07, 6.45) is 1.66. The molecular weight excluding hydrogens is 462 g/mol. The van der Waals surface area contributed by atoms with E-state index in [1.165, 1.54) is 0 Å². The molecule has 0 spiro atoms. The molecule has 2 aromatic rings. The molecule has 0 radical (unpaired) electrons. The number of pyridine rings is 1. The largest absolute Gasteiger partial charge is 0.444 e. The first-order valence-electron chi connectivity index (χ1n) is 12.1. The van der Waals surface area contributed by atoms with Gasteiger partial charge in [0.1, 0.15) is 17.7 Å². The molecular formula is C26H33N5O5. The molecule has 4 N–H and O–H groups in total. The summed E-state index contributed by atoms with van der Waals surface area (Å²) in [5, 5.41) is 5.70. The van der Waals surface area contributed by atoms with E-state index in [2.05, 4.69) is 15.6 Å². The van der Waals surface area contributed by atoms with Crippen LogP contribution in [0.5, 0.6) is 0 Å². The van der Waals surface area contributed by atoms with Crippen molar-refractivity contribution in [3.63, 3.8) is 0 Å². The summed E-state index contributed by atoms with van der Waals surface area (Å²) in [6.45, 7) is 4.02. The van der Waals surface area contributed by atoms with Gasteiger partial charge in [0.15, 0.2) is 0 Å². The van der Waals surface area contributed by atoms with Crippen LogP contribution in [0.25, 0.3) is 0 Å². The summed E-state index contributed by atoms with van der Waals surface area (Å²) >= 11 is 0. The van der Waals surface area contributed by atoms with Crippen molar-refractivity contribution >= 4 is 17.9 Å². The summed E-state index contributed by atoms with van der Waals surface area (Å²) < 4.78 is 11.4. The second-order valence-electron chi connectivity index (χ2n) is 9.97. The third-order valence-corrected chi connectivity index (χ3v) is 6.47. The van der Waals surface area contributed by atoms with E-state index in [-0.39, 0.29) is 25.2 Å². The number of alkyl carbamates (subject to hydrolysis) is 1. The van der Waals surface area contributed by atoms with E-state index in [0.29, 0.717) is 26.0 Å². The van der Waals surface area contributed by atoms with E-state index < -0.39 is 29.1 Å². The van der Waals surface area contributed by atoms with E-state index in [0.717, 1.165) is 11.3 Å². The maximum absolute atomic E-state index is 13.7. The van der Waals surface area contributed by atoms with Crippen LogP contribution in [-0.4, -0.2) is 70.7 Å². The van der Waals surface area contributed by atoms with Crippen LogP contribution in [0.1, 0.15) is 31.5 Å². The molecule has 0 bridgehead atoms. The number of ether oxygens (including phenoxy) is 2. The summed E-state index contributed by atoms with van der Waals surface area (Å²) in [6, 6.07) is 14.2. The fraction of sp³-hybridized carbons (Fsp3) is 0.462. The number of nitrogens with two attached hydrogens (primary N) is 1. The molecule has 2 aliphatic rings. The number of rotatable bonds is 9. The molecule has 10 nitrogen and oxygen atoms in total. The Morgan fingerprint density at radius 1 is 1.28 bits per heavy atom. The van der Waals surface area contributed by atoms with Gasteiger partial charge in [-0.2, -0.15) is 0 Å². The van der Waals surface area contributed by atoms with E-state index in [9.17, 15) is 14.4 Å². The molecule has 10 heteroatoms. The second-order valence-corrected chi connectivity index (χ2v) is 9.97. The lowest BCUT2D eigenvalue weighted by atomic mass is 9.82. The third kappa shape index (κ3) is 6.00. The minimum atomic E-state index is -1.17. The average Bonchev–Trinajstić information content (AvgIpc) is 3.18. The zero-order valence-corrected chi connectivity index (χ0v) is 20.6. The first kappa shape index (κ1) is 25.6. The molecule has 3 amide bonds. The van der Waals surface area contributed by atoms with Crippen LogP contribution in [0, 0.1) is 0 Å². The monoisotopic (exact) mass is 495 g/mol. The minimum absolute atomic E-state index is 0.0222. The quantitative estimate of drug-likeness (QED) is 0.475. The molecule has 1 aromatic carbocycles. The Balaban J connectivity index is 1.50. The van der Waals surface area contributed by atoms with Gasteiger partial charge in [-0.05, 0) is 31.5 Å². The summed E-state index contributed by atoms with van der Waals surface area (Å²) in [5.41, 5.74) is 5.72. The Morgan fingerprint density at radius 3 is 2.72 bits per heavy atom. The average molecular weight is 496 g/mol. The number of hydrogen-bond donors (Lipinski definition) is 3. The Bertz CT molecular complexity index is 1080. The standard InChI is InChI=1S/C26H33N5O5/c1-25(2,27)23(33)29-20(16-35-15-18-8-4-3-5-9-18)22(32)31-13-11-21-26(17-31,30-24(34)36-21)14-19-10-6-7-12-28-19/h3-10,12,20-21H,11,13-17,27H2,1-2H3,(H,29,33)(H,30,34)/t20-,21?,26?/m1/s1. The van der Waals surface area contributed by atoms with Crippen LogP contribution >= 0.6 is 0 Å². The van der Waals surface area contributed by atoms with Gasteiger partial charge in [-0.15, -0.1) is 0 Å². The Morgan fingerprint density at radius 2 is 2.03 bits per heavy atom. The van der Waals surface area contributed by atoms with Crippen molar-refractivity contribution < 1.29 is 23.9 Å². The van der Waals surface area contributed by atoms with Crippen molar-refractivity contribution in [2.45, 2.75) is 56.5 Å². The Kier molecular flexibility index (Phi) is 7.56. The van der Waals surface area contributed by atoms with E-state index in [1.807, 2.05) is 48.5 Å². The zero-order valence-electron chi connectivity index (χ0n) is 20.6. The molecule has 2 unspecified atom stereocenters. The van der Waals surface area contributed by atoms with Crippen molar-refractivity contribution in [2.75, 3.05) is 19.7 Å². The number of nitrogens with zero attached hydrogens (tertiary/aromatic N) is 2. The van der Waals surface area contributed by atoms with Gasteiger partial charge in [-0.1, -0.05) is 36.4 Å².